The number of carbonyl (C=O) groups is 2. The fourth-order valence-corrected chi connectivity index (χ4v) is 3.26. The molecule has 2 N–H and O–H groups in total. The average Bonchev–Trinajstić information content (AvgIpc) is 3.22. The van der Waals surface area contributed by atoms with Crippen LogP contribution in [-0.2, 0) is 32.0 Å². The van der Waals surface area contributed by atoms with Gasteiger partial charge in [-0.1, -0.05) is 60.7 Å². The van der Waals surface area contributed by atoms with Gasteiger partial charge in [-0.15, -0.1) is 0 Å². The monoisotopic (exact) mass is 438 g/mol. The lowest BCUT2D eigenvalue weighted by molar-refractivity contribution is -0.142. The zero-order valence-corrected chi connectivity index (χ0v) is 18.7. The molecule has 170 valence electrons. The van der Waals surface area contributed by atoms with Crippen LogP contribution in [-0.4, -0.2) is 34.8 Å². The lowest BCUT2D eigenvalue weighted by Gasteiger charge is -2.31. The SMILES string of the molecule is CC(C)(C)OC(=O)N1C(C(=O)OCc2ccccc2)=COC1[C@H](N)CCc1ccccc1. The lowest BCUT2D eigenvalue weighted by Crippen LogP contribution is -2.50. The number of amides is 1. The van der Waals surface area contributed by atoms with Gasteiger partial charge in [0.05, 0.1) is 6.04 Å². The van der Waals surface area contributed by atoms with Gasteiger partial charge in [-0.3, -0.25) is 0 Å². The summed E-state index contributed by atoms with van der Waals surface area (Å²) in [5.74, 6) is -0.683. The molecular formula is C25H30N2O5. The van der Waals surface area contributed by atoms with Crippen LogP contribution < -0.4 is 5.73 Å². The summed E-state index contributed by atoms with van der Waals surface area (Å²) >= 11 is 0. The van der Waals surface area contributed by atoms with Gasteiger partial charge in [0, 0.05) is 0 Å². The first-order valence-corrected chi connectivity index (χ1v) is 10.6. The first-order valence-electron chi connectivity index (χ1n) is 10.6. The molecular weight excluding hydrogens is 408 g/mol. The number of ether oxygens (including phenoxy) is 3. The minimum Gasteiger partial charge on any atom is -0.473 e. The number of carbonyl (C=O) groups excluding carboxylic acids is 2. The van der Waals surface area contributed by atoms with Gasteiger partial charge in [0.2, 0.25) is 0 Å². The van der Waals surface area contributed by atoms with Crippen molar-refractivity contribution in [2.45, 2.75) is 58.1 Å². The van der Waals surface area contributed by atoms with Crippen molar-refractivity contribution >= 4 is 12.1 Å². The summed E-state index contributed by atoms with van der Waals surface area (Å²) in [6, 6.07) is 18.6. The Labute approximate surface area is 188 Å². The summed E-state index contributed by atoms with van der Waals surface area (Å²) in [6.07, 6.45) is 0.905. The quantitative estimate of drug-likeness (QED) is 0.654. The number of rotatable bonds is 7. The van der Waals surface area contributed by atoms with Gasteiger partial charge in [0.15, 0.2) is 11.9 Å². The topological polar surface area (TPSA) is 91.1 Å². The predicted octanol–water partition coefficient (Wildman–Crippen LogP) is 4.12. The highest BCUT2D eigenvalue weighted by Gasteiger charge is 2.42. The largest absolute Gasteiger partial charge is 0.473 e. The third-order valence-corrected chi connectivity index (χ3v) is 4.82. The average molecular weight is 439 g/mol. The molecule has 0 aliphatic carbocycles. The highest BCUT2D eigenvalue weighted by molar-refractivity contribution is 5.92. The maximum atomic E-state index is 13.0. The lowest BCUT2D eigenvalue weighted by atomic mass is 10.0. The van der Waals surface area contributed by atoms with Crippen LogP contribution in [0.5, 0.6) is 0 Å². The molecule has 1 aliphatic heterocycles. The fourth-order valence-electron chi connectivity index (χ4n) is 3.26. The number of aryl methyl sites for hydroxylation is 1. The van der Waals surface area contributed by atoms with E-state index >= 15 is 0 Å². The van der Waals surface area contributed by atoms with Crippen LogP contribution in [0.1, 0.15) is 38.3 Å². The van der Waals surface area contributed by atoms with Crippen LogP contribution in [0, 0.1) is 0 Å². The number of benzene rings is 2. The van der Waals surface area contributed by atoms with Gasteiger partial charge in [0.25, 0.3) is 0 Å². The van der Waals surface area contributed by atoms with Crippen molar-refractivity contribution in [2.75, 3.05) is 0 Å². The van der Waals surface area contributed by atoms with Crippen molar-refractivity contribution in [1.82, 2.24) is 4.90 Å². The molecule has 1 amide bonds. The Kier molecular flexibility index (Phi) is 7.53. The minimum absolute atomic E-state index is 0.0321. The Hall–Kier alpha value is -3.32. The number of nitrogens with two attached hydrogens (primary N) is 1. The van der Waals surface area contributed by atoms with E-state index in [4.69, 9.17) is 19.9 Å². The first-order chi connectivity index (χ1) is 15.2. The summed E-state index contributed by atoms with van der Waals surface area (Å²) in [5, 5.41) is 0. The molecule has 0 radical (unpaired) electrons. The van der Waals surface area contributed by atoms with Crippen LogP contribution in [0.25, 0.3) is 0 Å². The second-order valence-electron chi connectivity index (χ2n) is 8.63. The summed E-state index contributed by atoms with van der Waals surface area (Å²) in [5.41, 5.74) is 7.56. The van der Waals surface area contributed by atoms with Gasteiger partial charge in [-0.25, -0.2) is 14.5 Å². The van der Waals surface area contributed by atoms with Crippen molar-refractivity contribution in [2.24, 2.45) is 5.73 Å². The zero-order valence-electron chi connectivity index (χ0n) is 18.7. The molecule has 7 heteroatoms. The molecule has 2 aromatic carbocycles. The number of nitrogens with zero attached hydrogens (tertiary/aromatic N) is 1. The molecule has 2 aromatic rings. The van der Waals surface area contributed by atoms with Crippen molar-refractivity contribution in [3.8, 4) is 0 Å². The van der Waals surface area contributed by atoms with E-state index in [1.165, 1.54) is 6.26 Å². The van der Waals surface area contributed by atoms with Crippen molar-refractivity contribution in [1.29, 1.82) is 0 Å². The molecule has 1 unspecified atom stereocenters. The Morgan fingerprint density at radius 3 is 2.22 bits per heavy atom. The van der Waals surface area contributed by atoms with Gasteiger partial charge in [-0.05, 0) is 44.7 Å². The van der Waals surface area contributed by atoms with Crippen LogP contribution in [0.2, 0.25) is 0 Å². The zero-order chi connectivity index (χ0) is 23.1. The molecule has 2 atom stereocenters. The van der Waals surface area contributed by atoms with Crippen LogP contribution in [0.4, 0.5) is 4.79 Å². The predicted molar refractivity (Wildman–Crippen MR) is 120 cm³/mol. The van der Waals surface area contributed by atoms with E-state index in [2.05, 4.69) is 0 Å². The number of hydrogen-bond donors (Lipinski definition) is 1. The Balaban J connectivity index is 1.71. The molecule has 0 saturated carbocycles. The van der Waals surface area contributed by atoms with Crippen molar-refractivity contribution in [3.05, 3.63) is 83.7 Å². The minimum atomic E-state index is -0.868. The summed E-state index contributed by atoms with van der Waals surface area (Å²) < 4.78 is 16.6. The Bertz CT molecular complexity index is 938. The highest BCUT2D eigenvalue weighted by atomic mass is 16.6. The maximum Gasteiger partial charge on any atom is 0.418 e. The van der Waals surface area contributed by atoms with E-state index in [0.717, 1.165) is 16.0 Å². The second kappa shape index (κ2) is 10.3. The van der Waals surface area contributed by atoms with Gasteiger partial charge < -0.3 is 19.9 Å². The smallest absolute Gasteiger partial charge is 0.418 e. The molecule has 0 spiro atoms. The van der Waals surface area contributed by atoms with E-state index in [1.54, 1.807) is 20.8 Å². The molecule has 3 rings (SSSR count). The number of hydrogen-bond acceptors (Lipinski definition) is 6. The summed E-state index contributed by atoms with van der Waals surface area (Å²) in [7, 11) is 0. The molecule has 0 saturated heterocycles. The third kappa shape index (κ3) is 6.34. The van der Waals surface area contributed by atoms with E-state index in [9.17, 15) is 9.59 Å². The molecule has 1 heterocycles. The fraction of sp³-hybridized carbons (Fsp3) is 0.360. The van der Waals surface area contributed by atoms with Crippen LogP contribution in [0.15, 0.2) is 72.6 Å². The molecule has 0 bridgehead atoms. The molecule has 32 heavy (non-hydrogen) atoms. The Morgan fingerprint density at radius 2 is 1.62 bits per heavy atom. The third-order valence-electron chi connectivity index (χ3n) is 4.82. The van der Waals surface area contributed by atoms with E-state index in [0.29, 0.717) is 12.8 Å². The highest BCUT2D eigenvalue weighted by Crippen LogP contribution is 2.27. The molecule has 1 aliphatic rings. The van der Waals surface area contributed by atoms with Gasteiger partial charge >= 0.3 is 12.1 Å². The molecule has 0 fully saturated rings. The first kappa shape index (κ1) is 23.3. The summed E-state index contributed by atoms with van der Waals surface area (Å²) in [4.78, 5) is 26.9. The maximum absolute atomic E-state index is 13.0. The van der Waals surface area contributed by atoms with Crippen LogP contribution in [0.3, 0.4) is 0 Å². The van der Waals surface area contributed by atoms with Gasteiger partial charge in [0.1, 0.15) is 18.5 Å². The van der Waals surface area contributed by atoms with E-state index < -0.39 is 29.9 Å². The van der Waals surface area contributed by atoms with E-state index in [-0.39, 0.29) is 12.3 Å². The van der Waals surface area contributed by atoms with Crippen molar-refractivity contribution in [3.63, 3.8) is 0 Å². The molecule has 7 nitrogen and oxygen atoms in total. The molecule has 0 aromatic heterocycles. The number of esters is 1. The van der Waals surface area contributed by atoms with Crippen LogP contribution >= 0.6 is 0 Å². The van der Waals surface area contributed by atoms with Gasteiger partial charge in [-0.2, -0.15) is 0 Å². The second-order valence-corrected chi connectivity index (χ2v) is 8.63. The Morgan fingerprint density at radius 1 is 1.03 bits per heavy atom. The normalized spacial score (nSPS) is 16.7. The van der Waals surface area contributed by atoms with Crippen molar-refractivity contribution < 1.29 is 23.8 Å². The summed E-state index contributed by atoms with van der Waals surface area (Å²) in [6.45, 7) is 5.33. The van der Waals surface area contributed by atoms with E-state index in [1.807, 2.05) is 60.7 Å². The standard InChI is InChI=1S/C25H30N2O5/c1-25(2,3)32-24(29)27-21(23(28)31-16-19-12-8-5-9-13-19)17-30-22(27)20(26)15-14-18-10-6-4-7-11-18/h4-13,17,20,22H,14-16,26H2,1-3H3/t20-,22?/m1/s1.